The van der Waals surface area contributed by atoms with E-state index in [1.54, 1.807) is 51.3 Å². The summed E-state index contributed by atoms with van der Waals surface area (Å²) >= 11 is 0. The molecule has 4 N–H and O–H groups in total. The number of carbonyl (C=O) groups excluding carboxylic acids is 2. The quantitative estimate of drug-likeness (QED) is 0.329. The van der Waals surface area contributed by atoms with Crippen LogP contribution in [0.25, 0.3) is 11.2 Å². The molecule has 0 saturated carbocycles. The number of benzene rings is 1. The number of nitrogen functional groups attached to an aromatic ring is 1. The summed E-state index contributed by atoms with van der Waals surface area (Å²) in [6, 6.07) is 6.01. The number of ether oxygens (including phenoxy) is 4. The molecule has 2 aliphatic heterocycles. The van der Waals surface area contributed by atoms with Gasteiger partial charge in [-0.25, -0.2) is 24.5 Å². The first-order chi connectivity index (χ1) is 19.6. The van der Waals surface area contributed by atoms with E-state index in [0.717, 1.165) is 0 Å². The minimum Gasteiger partial charge on any atom is -0.444 e. The largest absolute Gasteiger partial charge is 0.444 e. The van der Waals surface area contributed by atoms with E-state index in [4.69, 9.17) is 28.9 Å². The number of para-hydroxylation sites is 1. The fraction of sp³-hybridized carbons (Fsp3) is 0.480. The normalized spacial score (nSPS) is 23.5. The van der Waals surface area contributed by atoms with Gasteiger partial charge in [-0.15, -0.1) is 0 Å². The Morgan fingerprint density at radius 1 is 1.12 bits per heavy atom. The molecule has 4 atom stereocenters. The number of rotatable bonds is 7. The van der Waals surface area contributed by atoms with Crippen LogP contribution in [0.3, 0.4) is 0 Å². The van der Waals surface area contributed by atoms with Crippen molar-refractivity contribution < 1.29 is 41.1 Å². The SMILES string of the molecule is CC(C)(C)OC(=O)Nc1ncnc2c1ncn2[C@@H]1O[C@H](COS(=O)(=O)NC(=O)c2ccccc2N)C2OC(C)(C)OC21. The molecule has 0 aliphatic carbocycles. The van der Waals surface area contributed by atoms with Crippen LogP contribution in [0.2, 0.25) is 0 Å². The van der Waals surface area contributed by atoms with E-state index in [1.807, 2.05) is 4.72 Å². The van der Waals surface area contributed by atoms with Gasteiger partial charge in [-0.2, -0.15) is 8.42 Å². The highest BCUT2D eigenvalue weighted by atomic mass is 32.2. The molecule has 5 rings (SSSR count). The minimum absolute atomic E-state index is 0.0225. The van der Waals surface area contributed by atoms with Crippen molar-refractivity contribution in [2.45, 2.75) is 70.5 Å². The fourth-order valence-corrected chi connectivity index (χ4v) is 5.31. The zero-order valence-corrected chi connectivity index (χ0v) is 24.2. The van der Waals surface area contributed by atoms with E-state index >= 15 is 0 Å². The predicted molar refractivity (Wildman–Crippen MR) is 146 cm³/mol. The van der Waals surface area contributed by atoms with Crippen LogP contribution in [-0.4, -0.2) is 76.2 Å². The summed E-state index contributed by atoms with van der Waals surface area (Å²) in [6.07, 6.45) is -1.33. The van der Waals surface area contributed by atoms with Crippen LogP contribution in [0, 0.1) is 0 Å². The number of nitrogens with zero attached hydrogens (tertiary/aromatic N) is 4. The van der Waals surface area contributed by atoms with Gasteiger partial charge >= 0.3 is 16.4 Å². The van der Waals surface area contributed by atoms with Crippen molar-refractivity contribution in [2.24, 2.45) is 0 Å². The van der Waals surface area contributed by atoms with Crippen LogP contribution in [-0.2, 0) is 33.4 Å². The lowest BCUT2D eigenvalue weighted by atomic mass is 10.1. The molecule has 2 fully saturated rings. The zero-order chi connectivity index (χ0) is 30.4. The van der Waals surface area contributed by atoms with Gasteiger partial charge in [-0.1, -0.05) is 12.1 Å². The molecule has 2 saturated heterocycles. The number of amides is 2. The van der Waals surface area contributed by atoms with Gasteiger partial charge in [0.05, 0.1) is 18.5 Å². The van der Waals surface area contributed by atoms with Gasteiger partial charge in [0.15, 0.2) is 29.0 Å². The van der Waals surface area contributed by atoms with Crippen LogP contribution < -0.4 is 15.8 Å². The molecule has 2 aromatic heterocycles. The Bertz CT molecular complexity index is 1620. The van der Waals surface area contributed by atoms with E-state index in [-0.39, 0.29) is 22.6 Å². The Morgan fingerprint density at radius 2 is 1.83 bits per heavy atom. The van der Waals surface area contributed by atoms with Crippen molar-refractivity contribution in [3.8, 4) is 0 Å². The van der Waals surface area contributed by atoms with Crippen LogP contribution in [0.15, 0.2) is 36.9 Å². The molecule has 16 nitrogen and oxygen atoms in total. The fourth-order valence-electron chi connectivity index (χ4n) is 4.61. The van der Waals surface area contributed by atoms with Gasteiger partial charge in [0.2, 0.25) is 0 Å². The maximum atomic E-state index is 12.6. The lowest BCUT2D eigenvalue weighted by Gasteiger charge is -2.24. The maximum absolute atomic E-state index is 12.6. The molecule has 4 heterocycles. The lowest BCUT2D eigenvalue weighted by molar-refractivity contribution is -0.198. The summed E-state index contributed by atoms with van der Waals surface area (Å²) in [5, 5.41) is 2.57. The number of anilines is 2. The van der Waals surface area contributed by atoms with Crippen molar-refractivity contribution >= 4 is 45.0 Å². The Hall–Kier alpha value is -3.90. The molecule has 17 heteroatoms. The summed E-state index contributed by atoms with van der Waals surface area (Å²) in [5.74, 6) is -1.85. The van der Waals surface area contributed by atoms with Crippen molar-refractivity contribution in [1.82, 2.24) is 24.2 Å². The Kier molecular flexibility index (Phi) is 7.56. The van der Waals surface area contributed by atoms with Crippen LogP contribution in [0.4, 0.5) is 16.3 Å². The molecule has 3 aromatic rings. The van der Waals surface area contributed by atoms with Crippen molar-refractivity contribution in [1.29, 1.82) is 0 Å². The van der Waals surface area contributed by atoms with Crippen molar-refractivity contribution in [2.75, 3.05) is 17.7 Å². The first-order valence-electron chi connectivity index (χ1n) is 12.9. The summed E-state index contributed by atoms with van der Waals surface area (Å²) in [5.41, 5.74) is 5.68. The van der Waals surface area contributed by atoms with E-state index in [2.05, 4.69) is 20.3 Å². The average Bonchev–Trinajstić information content (AvgIpc) is 3.53. The summed E-state index contributed by atoms with van der Waals surface area (Å²) in [7, 11) is -4.55. The number of imidazole rings is 1. The molecular weight excluding hydrogens is 574 g/mol. The molecule has 2 aliphatic rings. The second-order valence-corrected chi connectivity index (χ2v) is 12.4. The standard InChI is InChI=1S/C25H31N7O9S/c1-24(2,3)41-23(34)30-19-16-20(28-11-27-19)32(12-29-16)22-18-17(39-25(4,5)40-18)15(38-22)10-37-42(35,36)31-21(33)13-8-6-7-9-14(13)26/h6-9,11-12,15,17-18,22H,10,26H2,1-5H3,(H,31,33)(H,27,28,30,34)/t15-,17?,18?,22-/m1/s1. The Balaban J connectivity index is 1.34. The number of nitrogens with two attached hydrogens (primary N) is 1. The highest BCUT2D eigenvalue weighted by molar-refractivity contribution is 7.85. The number of carbonyl (C=O) groups is 2. The van der Waals surface area contributed by atoms with E-state index in [1.165, 1.54) is 24.8 Å². The van der Waals surface area contributed by atoms with Gasteiger partial charge in [-0.05, 0) is 46.8 Å². The maximum Gasteiger partial charge on any atom is 0.413 e. The first-order valence-corrected chi connectivity index (χ1v) is 14.3. The Morgan fingerprint density at radius 3 is 2.55 bits per heavy atom. The number of hydrogen-bond donors (Lipinski definition) is 3. The molecule has 2 unspecified atom stereocenters. The van der Waals surface area contributed by atoms with Gasteiger partial charge in [-0.3, -0.25) is 18.9 Å². The molecule has 1 aromatic carbocycles. The van der Waals surface area contributed by atoms with E-state index < -0.39 is 64.8 Å². The lowest BCUT2D eigenvalue weighted by Crippen LogP contribution is -2.37. The summed E-state index contributed by atoms with van der Waals surface area (Å²) in [4.78, 5) is 37.5. The predicted octanol–water partition coefficient (Wildman–Crippen LogP) is 1.86. The molecular formula is C25H31N7O9S. The molecule has 2 amide bonds. The highest BCUT2D eigenvalue weighted by Gasteiger charge is 2.56. The number of aromatic nitrogens is 4. The average molecular weight is 606 g/mol. The second kappa shape index (κ2) is 10.7. The third kappa shape index (κ3) is 6.29. The Labute approximate surface area is 241 Å². The molecule has 226 valence electrons. The second-order valence-electron chi connectivity index (χ2n) is 11.1. The van der Waals surface area contributed by atoms with Gasteiger partial charge in [0.25, 0.3) is 5.91 Å². The van der Waals surface area contributed by atoms with Crippen molar-refractivity contribution in [3.05, 3.63) is 42.5 Å². The summed E-state index contributed by atoms with van der Waals surface area (Å²) in [6.45, 7) is 8.10. The smallest absolute Gasteiger partial charge is 0.413 e. The highest BCUT2D eigenvalue weighted by Crippen LogP contribution is 2.44. The van der Waals surface area contributed by atoms with E-state index in [9.17, 15) is 18.0 Å². The number of hydrogen-bond acceptors (Lipinski definition) is 13. The zero-order valence-electron chi connectivity index (χ0n) is 23.4. The van der Waals surface area contributed by atoms with Gasteiger partial charge < -0.3 is 24.7 Å². The first kappa shape index (κ1) is 29.6. The molecule has 0 bridgehead atoms. The molecule has 0 spiro atoms. The van der Waals surface area contributed by atoms with Gasteiger partial charge in [0, 0.05) is 5.69 Å². The number of nitrogens with one attached hydrogen (secondary N) is 2. The minimum atomic E-state index is -4.55. The van der Waals surface area contributed by atoms with Crippen molar-refractivity contribution in [3.63, 3.8) is 0 Å². The molecule has 42 heavy (non-hydrogen) atoms. The summed E-state index contributed by atoms with van der Waals surface area (Å²) < 4.78 is 57.2. The third-order valence-electron chi connectivity index (χ3n) is 6.19. The van der Waals surface area contributed by atoms with Crippen LogP contribution >= 0.6 is 0 Å². The topological polar surface area (TPSA) is 208 Å². The van der Waals surface area contributed by atoms with E-state index in [0.29, 0.717) is 5.65 Å². The third-order valence-corrected chi connectivity index (χ3v) is 7.07. The monoisotopic (exact) mass is 605 g/mol. The number of fused-ring (bicyclic) bond motifs is 2. The van der Waals surface area contributed by atoms with Crippen LogP contribution in [0.5, 0.6) is 0 Å². The van der Waals surface area contributed by atoms with Gasteiger partial charge in [0.1, 0.15) is 30.2 Å². The molecule has 0 radical (unpaired) electrons. The van der Waals surface area contributed by atoms with Crippen LogP contribution in [0.1, 0.15) is 51.2 Å².